The van der Waals surface area contributed by atoms with Gasteiger partial charge < -0.3 is 4.74 Å². The van der Waals surface area contributed by atoms with E-state index in [1.54, 1.807) is 10.6 Å². The number of carbonyl (C=O) groups is 1. The van der Waals surface area contributed by atoms with Gasteiger partial charge in [-0.05, 0) is 36.8 Å². The average Bonchev–Trinajstić information content (AvgIpc) is 3.09. The minimum atomic E-state index is -0.631. The molecule has 132 valence electrons. The Morgan fingerprint density at radius 1 is 1.31 bits per heavy atom. The molecule has 3 aromatic rings. The normalized spacial score (nSPS) is 13.0. The summed E-state index contributed by atoms with van der Waals surface area (Å²) >= 11 is 5.93. The third-order valence-corrected chi connectivity index (χ3v) is 4.82. The van der Waals surface area contributed by atoms with Gasteiger partial charge in [-0.2, -0.15) is 0 Å². The molecular weight excluding hydrogens is 359 g/mol. The summed E-state index contributed by atoms with van der Waals surface area (Å²) in [5.41, 5.74) is 0.736. The molecule has 0 fully saturated rings. The first kappa shape index (κ1) is 16.7. The molecule has 7 heteroatoms. The van der Waals surface area contributed by atoms with Gasteiger partial charge in [-0.3, -0.25) is 9.36 Å². The molecule has 0 N–H and O–H groups in total. The predicted octanol–water partition coefficient (Wildman–Crippen LogP) is 3.49. The number of rotatable bonds is 3. The number of hydrogen-bond donors (Lipinski definition) is 0. The zero-order chi connectivity index (χ0) is 18.3. The minimum absolute atomic E-state index is 0.0967. The van der Waals surface area contributed by atoms with Gasteiger partial charge in [0.05, 0.1) is 21.5 Å². The van der Waals surface area contributed by atoms with E-state index in [1.807, 2.05) is 0 Å². The van der Waals surface area contributed by atoms with Gasteiger partial charge in [0.2, 0.25) is 0 Å². The molecule has 0 radical (unpaired) electrons. The van der Waals surface area contributed by atoms with Crippen LogP contribution in [0.25, 0.3) is 10.9 Å². The summed E-state index contributed by atoms with van der Waals surface area (Å²) in [6.45, 7) is 0.396. The van der Waals surface area contributed by atoms with E-state index in [-0.39, 0.29) is 28.3 Å². The SMILES string of the molecule is O=C(OCc1c(F)cccc1Cl)c1ccc2c(=O)n3c(nc2c1)CCC3. The second-order valence-corrected chi connectivity index (χ2v) is 6.50. The second-order valence-electron chi connectivity index (χ2n) is 6.10. The molecule has 0 saturated heterocycles. The standard InChI is InChI=1S/C19H14ClFN2O3/c20-14-3-1-4-15(21)13(14)10-26-19(25)11-6-7-12-16(9-11)22-17-5-2-8-23(17)18(12)24/h1,3-4,6-7,9H,2,5,8,10H2. The first-order valence-corrected chi connectivity index (χ1v) is 8.56. The van der Waals surface area contributed by atoms with Crippen LogP contribution in [0.1, 0.15) is 28.2 Å². The molecule has 0 atom stereocenters. The molecule has 2 aromatic carbocycles. The minimum Gasteiger partial charge on any atom is -0.457 e. The Morgan fingerprint density at radius 2 is 2.15 bits per heavy atom. The summed E-state index contributed by atoms with van der Waals surface area (Å²) in [6.07, 6.45) is 1.63. The zero-order valence-electron chi connectivity index (χ0n) is 13.7. The molecule has 1 aromatic heterocycles. The summed E-state index contributed by atoms with van der Waals surface area (Å²) in [6, 6.07) is 8.88. The number of ether oxygens (including phenoxy) is 1. The maximum Gasteiger partial charge on any atom is 0.338 e. The van der Waals surface area contributed by atoms with Crippen LogP contribution in [0.5, 0.6) is 0 Å². The Morgan fingerprint density at radius 3 is 2.96 bits per heavy atom. The second kappa shape index (κ2) is 6.53. The van der Waals surface area contributed by atoms with Crippen LogP contribution in [0.3, 0.4) is 0 Å². The highest BCUT2D eigenvalue weighted by molar-refractivity contribution is 6.31. The monoisotopic (exact) mass is 372 g/mol. The van der Waals surface area contributed by atoms with Gasteiger partial charge in [0.15, 0.2) is 0 Å². The van der Waals surface area contributed by atoms with Crippen molar-refractivity contribution in [3.05, 3.63) is 74.5 Å². The van der Waals surface area contributed by atoms with Crippen LogP contribution in [0, 0.1) is 5.82 Å². The van der Waals surface area contributed by atoms with Crippen LogP contribution in [-0.2, 0) is 24.3 Å². The number of carbonyl (C=O) groups excluding carboxylic acids is 1. The lowest BCUT2D eigenvalue weighted by Gasteiger charge is -2.09. The lowest BCUT2D eigenvalue weighted by Crippen LogP contribution is -2.21. The number of aromatic nitrogens is 2. The van der Waals surface area contributed by atoms with E-state index < -0.39 is 11.8 Å². The number of nitrogens with zero attached hydrogens (tertiary/aromatic N) is 2. The summed E-state index contributed by atoms with van der Waals surface area (Å²) in [4.78, 5) is 29.2. The molecule has 1 aliphatic heterocycles. The van der Waals surface area contributed by atoms with Crippen LogP contribution in [0.15, 0.2) is 41.2 Å². The predicted molar refractivity (Wildman–Crippen MR) is 94.9 cm³/mol. The zero-order valence-corrected chi connectivity index (χ0v) is 14.4. The quantitative estimate of drug-likeness (QED) is 0.660. The van der Waals surface area contributed by atoms with Crippen molar-refractivity contribution in [3.63, 3.8) is 0 Å². The molecule has 5 nitrogen and oxygen atoms in total. The molecule has 1 aliphatic rings. The highest BCUT2D eigenvalue weighted by Gasteiger charge is 2.18. The van der Waals surface area contributed by atoms with Crippen molar-refractivity contribution < 1.29 is 13.9 Å². The maximum absolute atomic E-state index is 13.8. The maximum atomic E-state index is 13.8. The lowest BCUT2D eigenvalue weighted by atomic mass is 10.1. The molecule has 0 spiro atoms. The van der Waals surface area contributed by atoms with E-state index in [0.29, 0.717) is 17.4 Å². The van der Waals surface area contributed by atoms with Gasteiger partial charge in [-0.15, -0.1) is 0 Å². The van der Waals surface area contributed by atoms with Crippen LogP contribution in [0.2, 0.25) is 5.02 Å². The molecule has 0 aliphatic carbocycles. The Hall–Kier alpha value is -2.73. The number of aryl methyl sites for hydroxylation is 1. The molecule has 0 amide bonds. The van der Waals surface area contributed by atoms with Crippen molar-refractivity contribution in [2.24, 2.45) is 0 Å². The van der Waals surface area contributed by atoms with E-state index in [9.17, 15) is 14.0 Å². The van der Waals surface area contributed by atoms with Crippen LogP contribution >= 0.6 is 11.6 Å². The summed E-state index contributed by atoms with van der Waals surface area (Å²) < 4.78 is 20.6. The Bertz CT molecular complexity index is 1070. The highest BCUT2D eigenvalue weighted by atomic mass is 35.5. The first-order chi connectivity index (χ1) is 12.5. The molecule has 0 bridgehead atoms. The lowest BCUT2D eigenvalue weighted by molar-refractivity contribution is 0.0469. The van der Waals surface area contributed by atoms with Crippen molar-refractivity contribution in [1.82, 2.24) is 9.55 Å². The van der Waals surface area contributed by atoms with Crippen LogP contribution < -0.4 is 5.56 Å². The number of esters is 1. The topological polar surface area (TPSA) is 61.2 Å². The molecule has 4 rings (SSSR count). The van der Waals surface area contributed by atoms with Gasteiger partial charge in [0.1, 0.15) is 18.2 Å². The van der Waals surface area contributed by atoms with E-state index in [2.05, 4.69) is 4.98 Å². The van der Waals surface area contributed by atoms with Gasteiger partial charge in [0, 0.05) is 18.5 Å². The Kier molecular flexibility index (Phi) is 4.20. The molecule has 26 heavy (non-hydrogen) atoms. The van der Waals surface area contributed by atoms with Crippen molar-refractivity contribution in [3.8, 4) is 0 Å². The smallest absolute Gasteiger partial charge is 0.338 e. The van der Waals surface area contributed by atoms with Crippen molar-refractivity contribution in [2.75, 3.05) is 0 Å². The fraction of sp³-hybridized carbons (Fsp3) is 0.211. The van der Waals surface area contributed by atoms with E-state index in [4.69, 9.17) is 16.3 Å². The summed E-state index contributed by atoms with van der Waals surface area (Å²) in [5.74, 6) is -0.436. The third-order valence-electron chi connectivity index (χ3n) is 4.46. The highest BCUT2D eigenvalue weighted by Crippen LogP contribution is 2.21. The van der Waals surface area contributed by atoms with Gasteiger partial charge in [0.25, 0.3) is 5.56 Å². The summed E-state index contributed by atoms with van der Waals surface area (Å²) in [5, 5.41) is 0.658. The van der Waals surface area contributed by atoms with E-state index in [0.717, 1.165) is 18.7 Å². The van der Waals surface area contributed by atoms with E-state index in [1.165, 1.54) is 30.3 Å². The molecule has 2 heterocycles. The Labute approximate surface area is 153 Å². The van der Waals surface area contributed by atoms with Gasteiger partial charge >= 0.3 is 5.97 Å². The molecule has 0 unspecified atom stereocenters. The fourth-order valence-corrected chi connectivity index (χ4v) is 3.32. The van der Waals surface area contributed by atoms with Crippen LogP contribution in [0.4, 0.5) is 4.39 Å². The Balaban J connectivity index is 1.61. The van der Waals surface area contributed by atoms with Crippen molar-refractivity contribution >= 4 is 28.5 Å². The summed E-state index contributed by atoms with van der Waals surface area (Å²) in [7, 11) is 0. The van der Waals surface area contributed by atoms with E-state index >= 15 is 0 Å². The first-order valence-electron chi connectivity index (χ1n) is 8.18. The fourth-order valence-electron chi connectivity index (χ4n) is 3.10. The largest absolute Gasteiger partial charge is 0.457 e. The number of hydrogen-bond acceptors (Lipinski definition) is 4. The number of benzene rings is 2. The van der Waals surface area contributed by atoms with Gasteiger partial charge in [-0.1, -0.05) is 17.7 Å². The number of halogens is 2. The van der Waals surface area contributed by atoms with Crippen molar-refractivity contribution in [1.29, 1.82) is 0 Å². The third kappa shape index (κ3) is 2.86. The molecular formula is C19H14ClFN2O3. The number of fused-ring (bicyclic) bond motifs is 2. The van der Waals surface area contributed by atoms with Crippen molar-refractivity contribution in [2.45, 2.75) is 26.0 Å². The molecule has 0 saturated carbocycles. The van der Waals surface area contributed by atoms with Gasteiger partial charge in [-0.25, -0.2) is 14.2 Å². The average molecular weight is 373 g/mol. The van der Waals surface area contributed by atoms with Crippen LogP contribution in [-0.4, -0.2) is 15.5 Å².